The highest BCUT2D eigenvalue weighted by molar-refractivity contribution is 6.01. The Morgan fingerprint density at radius 1 is 0.488 bits per heavy atom. The van der Waals surface area contributed by atoms with E-state index in [-0.39, 0.29) is 0 Å². The first-order valence-electron chi connectivity index (χ1n) is 14.3. The van der Waals surface area contributed by atoms with Gasteiger partial charge in [-0.1, -0.05) is 72.8 Å². The molecule has 43 heavy (non-hydrogen) atoms. The summed E-state index contributed by atoms with van der Waals surface area (Å²) in [4.78, 5) is 17.6. The van der Waals surface area contributed by atoms with Crippen molar-refractivity contribution < 1.29 is 0 Å². The normalized spacial score (nSPS) is 12.1. The molecule has 5 nitrogen and oxygen atoms in total. The van der Waals surface area contributed by atoms with E-state index in [2.05, 4.69) is 113 Å². The van der Waals surface area contributed by atoms with Crippen molar-refractivity contribution in [2.75, 3.05) is 5.73 Å². The predicted molar refractivity (Wildman–Crippen MR) is 180 cm³/mol. The minimum atomic E-state index is 0.730. The first kappa shape index (κ1) is 24.8. The van der Waals surface area contributed by atoms with Gasteiger partial charge in [0.25, 0.3) is 0 Å². The largest absolute Gasteiger partial charge is 0.399 e. The van der Waals surface area contributed by atoms with E-state index < -0.39 is 0 Å². The Balaban J connectivity index is 1.56. The molecule has 2 aliphatic rings. The van der Waals surface area contributed by atoms with Gasteiger partial charge in [-0.15, -0.1) is 0 Å². The molecule has 5 heterocycles. The number of hydrogen-bond acceptors (Lipinski definition) is 3. The average Bonchev–Trinajstić information content (AvgIpc) is 3.85. The number of benzene rings is 3. The Kier molecular flexibility index (Phi) is 5.86. The minimum absolute atomic E-state index is 0.730. The summed E-state index contributed by atoms with van der Waals surface area (Å²) in [5, 5.41) is 0. The molecule has 2 aliphatic heterocycles. The van der Waals surface area contributed by atoms with Gasteiger partial charge in [-0.25, -0.2) is 9.97 Å². The second kappa shape index (κ2) is 10.2. The summed E-state index contributed by atoms with van der Waals surface area (Å²) in [5.41, 5.74) is 20.7. The van der Waals surface area contributed by atoms with Crippen molar-refractivity contribution in [3.05, 3.63) is 138 Å². The quantitative estimate of drug-likeness (QED) is 0.191. The summed E-state index contributed by atoms with van der Waals surface area (Å²) in [6, 6.07) is 39.4. The first-order chi connectivity index (χ1) is 21.2. The molecule has 0 unspecified atom stereocenters. The Hall–Kier alpha value is -5.94. The van der Waals surface area contributed by atoms with Crippen LogP contribution in [0.15, 0.2) is 115 Å². The number of nitrogen functional groups attached to an aromatic ring is 1. The molecule has 0 fully saturated rings. The predicted octanol–water partition coefficient (Wildman–Crippen LogP) is 9.24. The maximum absolute atomic E-state index is 6.07. The maximum Gasteiger partial charge on any atom is 0.0737 e. The van der Waals surface area contributed by atoms with E-state index in [4.69, 9.17) is 15.7 Å². The number of nitrogens with one attached hydrogen (secondary N) is 2. The van der Waals surface area contributed by atoms with Crippen LogP contribution in [0.2, 0.25) is 0 Å². The second-order valence-corrected chi connectivity index (χ2v) is 10.7. The van der Waals surface area contributed by atoms with Gasteiger partial charge in [0.15, 0.2) is 0 Å². The molecule has 0 spiro atoms. The van der Waals surface area contributed by atoms with Crippen molar-refractivity contribution in [2.24, 2.45) is 0 Å². The minimum Gasteiger partial charge on any atom is -0.399 e. The number of nitrogens with two attached hydrogens (primary N) is 1. The molecule has 0 amide bonds. The van der Waals surface area contributed by atoms with Crippen LogP contribution >= 0.6 is 0 Å². The van der Waals surface area contributed by atoms with Gasteiger partial charge in [-0.05, 0) is 83.5 Å². The fraction of sp³-hybridized carbons (Fsp3) is 0. The van der Waals surface area contributed by atoms with Crippen molar-refractivity contribution in [3.8, 4) is 33.4 Å². The number of aromatic amines is 2. The number of H-pyrrole nitrogens is 2. The van der Waals surface area contributed by atoms with Crippen LogP contribution in [0.5, 0.6) is 0 Å². The van der Waals surface area contributed by atoms with E-state index in [1.165, 1.54) is 0 Å². The highest BCUT2D eigenvalue weighted by Gasteiger charge is 2.17. The fourth-order valence-electron chi connectivity index (χ4n) is 5.87. The van der Waals surface area contributed by atoms with E-state index in [1.54, 1.807) is 0 Å². The fourth-order valence-corrected chi connectivity index (χ4v) is 5.87. The van der Waals surface area contributed by atoms with Crippen LogP contribution in [0.4, 0.5) is 5.69 Å². The van der Waals surface area contributed by atoms with E-state index in [9.17, 15) is 0 Å². The molecule has 5 heteroatoms. The zero-order valence-electron chi connectivity index (χ0n) is 23.3. The lowest BCUT2D eigenvalue weighted by Crippen LogP contribution is -1.89. The number of nitrogens with zero attached hydrogens (tertiary/aromatic N) is 2. The van der Waals surface area contributed by atoms with Crippen LogP contribution in [0.25, 0.3) is 79.8 Å². The highest BCUT2D eigenvalue weighted by atomic mass is 14.8. The van der Waals surface area contributed by atoms with E-state index in [1.807, 2.05) is 36.4 Å². The number of aromatic nitrogens is 4. The van der Waals surface area contributed by atoms with E-state index in [0.29, 0.717) is 0 Å². The van der Waals surface area contributed by atoms with Crippen LogP contribution in [0.1, 0.15) is 22.8 Å². The molecule has 0 saturated carbocycles. The Morgan fingerprint density at radius 2 is 1.12 bits per heavy atom. The molecular formula is C38H27N5. The lowest BCUT2D eigenvalue weighted by atomic mass is 9.99. The number of rotatable bonds is 3. The molecule has 3 aromatic carbocycles. The molecule has 0 atom stereocenters. The number of fused-ring (bicyclic) bond motifs is 8. The average molecular weight is 554 g/mol. The summed E-state index contributed by atoms with van der Waals surface area (Å²) in [7, 11) is 0. The Morgan fingerprint density at radius 3 is 1.81 bits per heavy atom. The van der Waals surface area contributed by atoms with Crippen molar-refractivity contribution in [3.63, 3.8) is 0 Å². The third kappa shape index (κ3) is 4.63. The monoisotopic (exact) mass is 553 g/mol. The molecule has 8 rings (SSSR count). The van der Waals surface area contributed by atoms with Crippen LogP contribution in [0, 0.1) is 0 Å². The summed E-state index contributed by atoms with van der Waals surface area (Å²) in [6.45, 7) is 0. The number of hydrogen-bond donors (Lipinski definition) is 3. The van der Waals surface area contributed by atoms with Crippen molar-refractivity contribution in [1.29, 1.82) is 0 Å². The molecule has 0 saturated heterocycles. The maximum atomic E-state index is 6.07. The van der Waals surface area contributed by atoms with Gasteiger partial charge in [0.05, 0.1) is 28.3 Å². The summed E-state index contributed by atoms with van der Waals surface area (Å²) >= 11 is 0. The van der Waals surface area contributed by atoms with Gasteiger partial charge in [-0.3, -0.25) is 0 Å². The molecule has 6 aromatic rings. The summed E-state index contributed by atoms with van der Waals surface area (Å²) in [6.07, 6.45) is 8.33. The molecular weight excluding hydrogens is 526 g/mol. The molecule has 204 valence electrons. The van der Waals surface area contributed by atoms with Crippen molar-refractivity contribution >= 4 is 52.1 Å². The standard InChI is InChI=1S/C38H27N5/c39-27-13-11-24(12-14-27)32-23-31-22-29-16-15-28(40-29)21-30-17-18-33(41-30)36(25-7-3-1-4-8-25)34-19-20-35(43-34)37(38(32)42-31)26-9-5-2-6-10-26/h1-23,41-42H,39H2. The lowest BCUT2D eigenvalue weighted by Gasteiger charge is -2.07. The van der Waals surface area contributed by atoms with Gasteiger partial charge >= 0.3 is 0 Å². The summed E-state index contributed by atoms with van der Waals surface area (Å²) < 4.78 is 0. The third-order valence-electron chi connectivity index (χ3n) is 7.86. The topological polar surface area (TPSA) is 83.4 Å². The summed E-state index contributed by atoms with van der Waals surface area (Å²) in [5.74, 6) is 0. The van der Waals surface area contributed by atoms with Crippen LogP contribution < -0.4 is 5.73 Å². The molecule has 4 N–H and O–H groups in total. The smallest absolute Gasteiger partial charge is 0.0737 e. The van der Waals surface area contributed by atoms with E-state index in [0.717, 1.165) is 83.9 Å². The van der Waals surface area contributed by atoms with Gasteiger partial charge < -0.3 is 15.7 Å². The SMILES string of the molecule is Nc1ccc(-c2cc3cc4nc(cc5ccc([nH]5)c(-c5ccccc5)c5nc(c(-c6ccccc6)c2[nH]3)C=C5)C=C4)cc1. The number of anilines is 1. The van der Waals surface area contributed by atoms with Crippen molar-refractivity contribution in [2.45, 2.75) is 0 Å². The highest BCUT2D eigenvalue weighted by Crippen LogP contribution is 2.38. The van der Waals surface area contributed by atoms with Gasteiger partial charge in [0.2, 0.25) is 0 Å². The van der Waals surface area contributed by atoms with Gasteiger partial charge in [-0.2, -0.15) is 0 Å². The Labute approximate surface area is 248 Å². The van der Waals surface area contributed by atoms with Crippen LogP contribution in [-0.4, -0.2) is 19.9 Å². The zero-order valence-corrected chi connectivity index (χ0v) is 23.3. The molecule has 8 bridgehead atoms. The third-order valence-corrected chi connectivity index (χ3v) is 7.86. The molecule has 0 aliphatic carbocycles. The second-order valence-electron chi connectivity index (χ2n) is 10.7. The lowest BCUT2D eigenvalue weighted by molar-refractivity contribution is 1.31. The van der Waals surface area contributed by atoms with Crippen LogP contribution in [0.3, 0.4) is 0 Å². The van der Waals surface area contributed by atoms with Crippen LogP contribution in [-0.2, 0) is 0 Å². The Bertz CT molecular complexity index is 2220. The first-order valence-corrected chi connectivity index (χ1v) is 14.3. The van der Waals surface area contributed by atoms with Gasteiger partial charge in [0.1, 0.15) is 0 Å². The zero-order chi connectivity index (χ0) is 28.8. The molecule has 3 aromatic heterocycles. The van der Waals surface area contributed by atoms with E-state index >= 15 is 0 Å². The van der Waals surface area contributed by atoms with Gasteiger partial charge in [0, 0.05) is 38.9 Å². The van der Waals surface area contributed by atoms with Crippen molar-refractivity contribution in [1.82, 2.24) is 19.9 Å². The molecule has 0 radical (unpaired) electrons.